The Hall–Kier alpha value is -2.99. The summed E-state index contributed by atoms with van der Waals surface area (Å²) in [7, 11) is 2.10. The lowest BCUT2D eigenvalue weighted by molar-refractivity contribution is -0.157. The Morgan fingerprint density at radius 2 is 1.62 bits per heavy atom. The maximum absolute atomic E-state index is 13.0. The second-order valence-corrected chi connectivity index (χ2v) is 8.54. The van der Waals surface area contributed by atoms with Gasteiger partial charge < -0.3 is 9.80 Å². The van der Waals surface area contributed by atoms with E-state index in [2.05, 4.69) is 17.0 Å². The summed E-state index contributed by atoms with van der Waals surface area (Å²) in [4.78, 5) is 29.9. The first kappa shape index (κ1) is 18.1. The minimum absolute atomic E-state index is 0.00260. The SMILES string of the molecule is CN1CC2(C1)CN(C(=O)Cn1nc(Cc3ccccc3)c3ccccc3c1=O)C2. The average molecular weight is 388 g/mol. The van der Waals surface area contributed by atoms with E-state index in [4.69, 9.17) is 0 Å². The summed E-state index contributed by atoms with van der Waals surface area (Å²) in [6.45, 7) is 3.67. The van der Waals surface area contributed by atoms with Crippen LogP contribution >= 0.6 is 0 Å². The van der Waals surface area contributed by atoms with E-state index < -0.39 is 0 Å². The van der Waals surface area contributed by atoms with Crippen LogP contribution in [0.3, 0.4) is 0 Å². The Kier molecular flexibility index (Phi) is 4.24. The van der Waals surface area contributed by atoms with Crippen molar-refractivity contribution < 1.29 is 4.79 Å². The highest BCUT2D eigenvalue weighted by atomic mass is 16.2. The zero-order chi connectivity index (χ0) is 20.0. The van der Waals surface area contributed by atoms with Crippen molar-refractivity contribution in [2.24, 2.45) is 5.41 Å². The Balaban J connectivity index is 1.42. The van der Waals surface area contributed by atoms with Gasteiger partial charge >= 0.3 is 0 Å². The van der Waals surface area contributed by atoms with Crippen molar-refractivity contribution in [3.63, 3.8) is 0 Å². The zero-order valence-corrected chi connectivity index (χ0v) is 16.5. The monoisotopic (exact) mass is 388 g/mol. The highest BCUT2D eigenvalue weighted by molar-refractivity contribution is 5.84. The fraction of sp³-hybridized carbons (Fsp3) is 0.348. The molecule has 148 valence electrons. The molecule has 1 spiro atoms. The van der Waals surface area contributed by atoms with Crippen LogP contribution in [0.5, 0.6) is 0 Å². The summed E-state index contributed by atoms with van der Waals surface area (Å²) >= 11 is 0. The molecular formula is C23H24N4O2. The molecule has 6 nitrogen and oxygen atoms in total. The van der Waals surface area contributed by atoms with E-state index in [1.165, 1.54) is 4.68 Å². The normalized spacial score (nSPS) is 17.9. The Morgan fingerprint density at radius 1 is 0.966 bits per heavy atom. The van der Waals surface area contributed by atoms with Crippen molar-refractivity contribution in [3.8, 4) is 0 Å². The van der Waals surface area contributed by atoms with E-state index in [1.54, 1.807) is 0 Å². The molecule has 1 aromatic heterocycles. The van der Waals surface area contributed by atoms with Gasteiger partial charge in [0.05, 0.1) is 11.1 Å². The van der Waals surface area contributed by atoms with E-state index in [0.29, 0.717) is 11.8 Å². The Labute approximate surface area is 169 Å². The molecule has 3 heterocycles. The number of amides is 1. The third kappa shape index (κ3) is 3.23. The van der Waals surface area contributed by atoms with Crippen molar-refractivity contribution in [2.75, 3.05) is 33.2 Å². The van der Waals surface area contributed by atoms with Crippen molar-refractivity contribution in [1.82, 2.24) is 19.6 Å². The number of likely N-dealkylation sites (tertiary alicyclic amines) is 2. The van der Waals surface area contributed by atoms with Crippen LogP contribution in [0, 0.1) is 5.41 Å². The summed E-state index contributed by atoms with van der Waals surface area (Å²) in [5, 5.41) is 6.07. The van der Waals surface area contributed by atoms with Gasteiger partial charge in [-0.3, -0.25) is 9.59 Å². The van der Waals surface area contributed by atoms with Gasteiger partial charge in [-0.1, -0.05) is 48.5 Å². The molecular weight excluding hydrogens is 364 g/mol. The van der Waals surface area contributed by atoms with Crippen LogP contribution in [0.15, 0.2) is 59.4 Å². The molecule has 1 amide bonds. The van der Waals surface area contributed by atoms with E-state index in [1.807, 2.05) is 59.5 Å². The standard InChI is InChI=1S/C23H24N4O2/c1-25-13-23(14-25)15-26(16-23)21(28)12-27-22(29)19-10-6-5-9-18(19)20(24-27)11-17-7-3-2-4-8-17/h2-10H,11-16H2,1H3. The molecule has 2 aliphatic heterocycles. The van der Waals surface area contributed by atoms with E-state index in [9.17, 15) is 9.59 Å². The molecule has 2 fully saturated rings. The molecule has 0 saturated carbocycles. The lowest BCUT2D eigenvalue weighted by Crippen LogP contribution is -2.72. The van der Waals surface area contributed by atoms with Gasteiger partial charge in [-0.05, 0) is 18.7 Å². The number of hydrogen-bond acceptors (Lipinski definition) is 4. The van der Waals surface area contributed by atoms with Crippen LogP contribution in [0.25, 0.3) is 10.8 Å². The quantitative estimate of drug-likeness (QED) is 0.683. The molecule has 0 atom stereocenters. The van der Waals surface area contributed by atoms with Crippen LogP contribution in [-0.2, 0) is 17.8 Å². The zero-order valence-electron chi connectivity index (χ0n) is 16.5. The van der Waals surface area contributed by atoms with E-state index in [0.717, 1.165) is 42.8 Å². The fourth-order valence-electron chi connectivity index (χ4n) is 4.80. The second kappa shape index (κ2) is 6.81. The number of aromatic nitrogens is 2. The van der Waals surface area contributed by atoms with Gasteiger partial charge in [-0.15, -0.1) is 0 Å². The number of nitrogens with zero attached hydrogens (tertiary/aromatic N) is 4. The maximum atomic E-state index is 13.0. The number of hydrogen-bond donors (Lipinski definition) is 0. The molecule has 6 heteroatoms. The molecule has 0 radical (unpaired) electrons. The van der Waals surface area contributed by atoms with Crippen molar-refractivity contribution in [2.45, 2.75) is 13.0 Å². The molecule has 3 aromatic rings. The van der Waals surface area contributed by atoms with Crippen LogP contribution in [0.2, 0.25) is 0 Å². The lowest BCUT2D eigenvalue weighted by Gasteiger charge is -2.59. The molecule has 0 aliphatic carbocycles. The molecule has 29 heavy (non-hydrogen) atoms. The van der Waals surface area contributed by atoms with Gasteiger partial charge in [0.1, 0.15) is 6.54 Å². The lowest BCUT2D eigenvalue weighted by atomic mass is 9.73. The number of rotatable bonds is 4. The largest absolute Gasteiger partial charge is 0.340 e. The molecule has 2 aromatic carbocycles. The van der Waals surface area contributed by atoms with Crippen molar-refractivity contribution >= 4 is 16.7 Å². The van der Waals surface area contributed by atoms with E-state index >= 15 is 0 Å². The molecule has 5 rings (SSSR count). The molecule has 0 N–H and O–H groups in total. The van der Waals surface area contributed by atoms with Gasteiger partial charge in [-0.25, -0.2) is 4.68 Å². The second-order valence-electron chi connectivity index (χ2n) is 8.54. The van der Waals surface area contributed by atoms with Crippen LogP contribution in [0.1, 0.15) is 11.3 Å². The number of carbonyl (C=O) groups is 1. The van der Waals surface area contributed by atoms with Gasteiger partial charge in [0, 0.05) is 43.4 Å². The summed E-state index contributed by atoms with van der Waals surface area (Å²) in [6.07, 6.45) is 0.620. The predicted molar refractivity (Wildman–Crippen MR) is 112 cm³/mol. The first-order chi connectivity index (χ1) is 14.0. The smallest absolute Gasteiger partial charge is 0.275 e. The van der Waals surface area contributed by atoms with Crippen LogP contribution < -0.4 is 5.56 Å². The van der Waals surface area contributed by atoms with Gasteiger partial charge in [0.25, 0.3) is 5.56 Å². The maximum Gasteiger partial charge on any atom is 0.275 e. The molecule has 2 saturated heterocycles. The first-order valence-electron chi connectivity index (χ1n) is 10.0. The number of fused-ring (bicyclic) bond motifs is 1. The molecule has 0 bridgehead atoms. The summed E-state index contributed by atoms with van der Waals surface area (Å²) in [6, 6.07) is 17.6. The summed E-state index contributed by atoms with van der Waals surface area (Å²) in [5.74, 6) is -0.0271. The molecule has 0 unspecified atom stereocenters. The molecule has 2 aliphatic rings. The first-order valence-corrected chi connectivity index (χ1v) is 10.0. The van der Waals surface area contributed by atoms with Gasteiger partial charge in [-0.2, -0.15) is 5.10 Å². The van der Waals surface area contributed by atoms with Gasteiger partial charge in [0.2, 0.25) is 5.91 Å². The van der Waals surface area contributed by atoms with E-state index in [-0.39, 0.29) is 23.4 Å². The minimum Gasteiger partial charge on any atom is -0.340 e. The van der Waals surface area contributed by atoms with Gasteiger partial charge in [0.15, 0.2) is 0 Å². The minimum atomic E-state index is -0.204. The predicted octanol–water partition coefficient (Wildman–Crippen LogP) is 1.76. The van der Waals surface area contributed by atoms with Crippen LogP contribution in [-0.4, -0.2) is 58.7 Å². The Morgan fingerprint density at radius 3 is 2.31 bits per heavy atom. The van der Waals surface area contributed by atoms with Crippen molar-refractivity contribution in [1.29, 1.82) is 0 Å². The fourth-order valence-corrected chi connectivity index (χ4v) is 4.80. The van der Waals surface area contributed by atoms with Crippen LogP contribution in [0.4, 0.5) is 0 Å². The summed E-state index contributed by atoms with van der Waals surface area (Å²) < 4.78 is 1.35. The average Bonchev–Trinajstić information content (AvgIpc) is 2.68. The summed E-state index contributed by atoms with van der Waals surface area (Å²) in [5.41, 5.74) is 2.02. The Bertz CT molecular complexity index is 1120. The third-order valence-corrected chi connectivity index (χ3v) is 6.06. The number of carbonyl (C=O) groups excluding carboxylic acids is 1. The third-order valence-electron chi connectivity index (χ3n) is 6.06. The topological polar surface area (TPSA) is 58.4 Å². The highest BCUT2D eigenvalue weighted by Crippen LogP contribution is 2.38. The highest BCUT2D eigenvalue weighted by Gasteiger charge is 2.51. The van der Waals surface area contributed by atoms with Crippen molar-refractivity contribution in [3.05, 3.63) is 76.2 Å². The number of benzene rings is 2.